The minimum atomic E-state index is 0.0141. The van der Waals surface area contributed by atoms with Gasteiger partial charge in [0.05, 0.1) is 11.2 Å². The maximum Gasteiger partial charge on any atom is 0.263 e. The molecule has 18 heavy (non-hydrogen) atoms. The van der Waals surface area contributed by atoms with Gasteiger partial charge in [0.1, 0.15) is 4.88 Å². The van der Waals surface area contributed by atoms with E-state index in [0.29, 0.717) is 12.5 Å². The van der Waals surface area contributed by atoms with E-state index in [4.69, 9.17) is 5.73 Å². The lowest BCUT2D eigenvalue weighted by atomic mass is 10.0. The van der Waals surface area contributed by atoms with Crippen molar-refractivity contribution < 1.29 is 4.79 Å². The first-order chi connectivity index (χ1) is 8.74. The second-order valence-electron chi connectivity index (χ2n) is 4.87. The zero-order valence-electron chi connectivity index (χ0n) is 10.8. The molecule has 0 aliphatic heterocycles. The molecule has 0 radical (unpaired) electrons. The number of carbonyl (C=O) groups is 1. The highest BCUT2D eigenvalue weighted by Crippen LogP contribution is 2.25. The van der Waals surface area contributed by atoms with Gasteiger partial charge in [-0.3, -0.25) is 4.79 Å². The van der Waals surface area contributed by atoms with E-state index in [1.807, 2.05) is 0 Å². The summed E-state index contributed by atoms with van der Waals surface area (Å²) in [6.07, 6.45) is 7.05. The summed E-state index contributed by atoms with van der Waals surface area (Å²) in [6, 6.07) is 0.249. The van der Waals surface area contributed by atoms with Crippen LogP contribution in [0.15, 0.2) is 6.20 Å². The summed E-state index contributed by atoms with van der Waals surface area (Å²) in [5, 5.41) is 4.15. The Bertz CT molecular complexity index is 405. The van der Waals surface area contributed by atoms with E-state index in [1.165, 1.54) is 11.3 Å². The standard InChI is InChI=1S/C13H21N3OS/c1-2-4-12-15-8-11(18-12)13(17)16-10-6-3-5-9(10)7-14/h8-10H,2-7,14H2,1H3,(H,16,17). The Labute approximate surface area is 112 Å². The predicted molar refractivity (Wildman–Crippen MR) is 73.8 cm³/mol. The van der Waals surface area contributed by atoms with Gasteiger partial charge in [0.15, 0.2) is 0 Å². The molecule has 1 amide bonds. The maximum atomic E-state index is 12.1. The van der Waals surface area contributed by atoms with Gasteiger partial charge in [-0.05, 0) is 38.1 Å². The van der Waals surface area contributed by atoms with Crippen LogP contribution in [-0.2, 0) is 6.42 Å². The van der Waals surface area contributed by atoms with Gasteiger partial charge in [-0.2, -0.15) is 0 Å². The van der Waals surface area contributed by atoms with Crippen molar-refractivity contribution in [1.82, 2.24) is 10.3 Å². The smallest absolute Gasteiger partial charge is 0.263 e. The summed E-state index contributed by atoms with van der Waals surface area (Å²) in [7, 11) is 0. The van der Waals surface area contributed by atoms with Crippen molar-refractivity contribution >= 4 is 17.2 Å². The maximum absolute atomic E-state index is 12.1. The molecular formula is C13H21N3OS. The number of rotatable bonds is 5. The monoisotopic (exact) mass is 267 g/mol. The van der Waals surface area contributed by atoms with E-state index in [9.17, 15) is 4.79 Å². The molecule has 3 N–H and O–H groups in total. The molecule has 0 spiro atoms. The highest BCUT2D eigenvalue weighted by molar-refractivity contribution is 7.13. The van der Waals surface area contributed by atoms with Crippen molar-refractivity contribution in [2.75, 3.05) is 6.54 Å². The zero-order valence-corrected chi connectivity index (χ0v) is 11.6. The first kappa shape index (κ1) is 13.5. The summed E-state index contributed by atoms with van der Waals surface area (Å²) in [5.41, 5.74) is 5.72. The molecule has 2 rings (SSSR count). The summed E-state index contributed by atoms with van der Waals surface area (Å²) < 4.78 is 0. The summed E-state index contributed by atoms with van der Waals surface area (Å²) in [4.78, 5) is 17.1. The number of nitrogens with zero attached hydrogens (tertiary/aromatic N) is 1. The Kier molecular flexibility index (Phi) is 4.72. The van der Waals surface area contributed by atoms with Crippen molar-refractivity contribution in [1.29, 1.82) is 0 Å². The van der Waals surface area contributed by atoms with Crippen LogP contribution in [0.2, 0.25) is 0 Å². The second-order valence-corrected chi connectivity index (χ2v) is 5.99. The van der Waals surface area contributed by atoms with Gasteiger partial charge in [-0.1, -0.05) is 13.3 Å². The van der Waals surface area contributed by atoms with Gasteiger partial charge in [0.2, 0.25) is 0 Å². The molecule has 2 atom stereocenters. The van der Waals surface area contributed by atoms with Gasteiger partial charge in [-0.25, -0.2) is 4.98 Å². The van der Waals surface area contributed by atoms with E-state index in [-0.39, 0.29) is 11.9 Å². The fourth-order valence-electron chi connectivity index (χ4n) is 2.49. The van der Waals surface area contributed by atoms with Crippen molar-refractivity contribution in [2.24, 2.45) is 11.7 Å². The van der Waals surface area contributed by atoms with Crippen LogP contribution >= 0.6 is 11.3 Å². The van der Waals surface area contributed by atoms with Gasteiger partial charge >= 0.3 is 0 Å². The van der Waals surface area contributed by atoms with Crippen molar-refractivity contribution in [3.8, 4) is 0 Å². The number of hydrogen-bond donors (Lipinski definition) is 2. The van der Waals surface area contributed by atoms with Crippen LogP contribution < -0.4 is 11.1 Å². The lowest BCUT2D eigenvalue weighted by molar-refractivity contribution is 0.0932. The number of amides is 1. The Morgan fingerprint density at radius 2 is 2.44 bits per heavy atom. The lowest BCUT2D eigenvalue weighted by Gasteiger charge is -2.18. The van der Waals surface area contributed by atoms with Crippen LogP contribution in [-0.4, -0.2) is 23.5 Å². The van der Waals surface area contributed by atoms with Crippen molar-refractivity contribution in [2.45, 2.75) is 45.1 Å². The van der Waals surface area contributed by atoms with Gasteiger partial charge < -0.3 is 11.1 Å². The fraction of sp³-hybridized carbons (Fsp3) is 0.692. The molecule has 1 aliphatic carbocycles. The number of nitrogens with two attached hydrogens (primary N) is 1. The number of thiazole rings is 1. The number of aryl methyl sites for hydroxylation is 1. The predicted octanol–water partition coefficient (Wildman–Crippen LogP) is 1.95. The molecule has 1 aromatic heterocycles. The normalized spacial score (nSPS) is 23.2. The highest BCUT2D eigenvalue weighted by atomic mass is 32.1. The molecule has 1 aliphatic rings. The molecule has 4 nitrogen and oxygen atoms in total. The third-order valence-corrected chi connectivity index (χ3v) is 4.58. The second kappa shape index (κ2) is 6.29. The molecular weight excluding hydrogens is 246 g/mol. The molecule has 5 heteroatoms. The molecule has 100 valence electrons. The molecule has 1 aromatic rings. The van der Waals surface area contributed by atoms with Crippen LogP contribution in [0.4, 0.5) is 0 Å². The van der Waals surface area contributed by atoms with Gasteiger partial charge in [-0.15, -0.1) is 11.3 Å². The minimum Gasteiger partial charge on any atom is -0.348 e. The molecule has 0 bridgehead atoms. The fourth-order valence-corrected chi connectivity index (χ4v) is 3.42. The van der Waals surface area contributed by atoms with E-state index < -0.39 is 0 Å². The molecule has 1 saturated carbocycles. The molecule has 1 heterocycles. The van der Waals surface area contributed by atoms with Crippen LogP contribution in [0.5, 0.6) is 0 Å². The zero-order chi connectivity index (χ0) is 13.0. The van der Waals surface area contributed by atoms with Crippen molar-refractivity contribution in [3.63, 3.8) is 0 Å². The summed E-state index contributed by atoms with van der Waals surface area (Å²) in [6.45, 7) is 2.78. The van der Waals surface area contributed by atoms with Crippen LogP contribution in [0.3, 0.4) is 0 Å². The van der Waals surface area contributed by atoms with Crippen LogP contribution in [0.1, 0.15) is 47.3 Å². The van der Waals surface area contributed by atoms with Crippen LogP contribution in [0.25, 0.3) is 0 Å². The topological polar surface area (TPSA) is 68.0 Å². The Morgan fingerprint density at radius 1 is 1.61 bits per heavy atom. The highest BCUT2D eigenvalue weighted by Gasteiger charge is 2.28. The first-order valence-electron chi connectivity index (χ1n) is 6.70. The van der Waals surface area contributed by atoms with E-state index in [0.717, 1.165) is 42.0 Å². The SMILES string of the molecule is CCCc1ncc(C(=O)NC2CCCC2CN)s1. The van der Waals surface area contributed by atoms with Crippen molar-refractivity contribution in [3.05, 3.63) is 16.1 Å². The Hall–Kier alpha value is -0.940. The average Bonchev–Trinajstić information content (AvgIpc) is 2.98. The summed E-state index contributed by atoms with van der Waals surface area (Å²) in [5.74, 6) is 0.456. The van der Waals surface area contributed by atoms with Crippen LogP contribution in [0, 0.1) is 5.92 Å². The molecule has 0 saturated heterocycles. The molecule has 2 unspecified atom stereocenters. The number of carbonyl (C=O) groups excluding carboxylic acids is 1. The van der Waals surface area contributed by atoms with Gasteiger partial charge in [0, 0.05) is 6.04 Å². The molecule has 1 fully saturated rings. The summed E-state index contributed by atoms with van der Waals surface area (Å²) >= 11 is 1.50. The molecule has 0 aromatic carbocycles. The lowest BCUT2D eigenvalue weighted by Crippen LogP contribution is -2.39. The number of nitrogens with one attached hydrogen (secondary N) is 1. The quantitative estimate of drug-likeness (QED) is 0.857. The third-order valence-electron chi connectivity index (χ3n) is 3.52. The van der Waals surface area contributed by atoms with Gasteiger partial charge in [0.25, 0.3) is 5.91 Å². The first-order valence-corrected chi connectivity index (χ1v) is 7.52. The third kappa shape index (κ3) is 3.09. The van der Waals surface area contributed by atoms with E-state index in [1.54, 1.807) is 6.20 Å². The Morgan fingerprint density at radius 3 is 3.17 bits per heavy atom. The minimum absolute atomic E-state index is 0.0141. The van der Waals surface area contributed by atoms with E-state index >= 15 is 0 Å². The number of aromatic nitrogens is 1. The van der Waals surface area contributed by atoms with E-state index in [2.05, 4.69) is 17.2 Å². The Balaban J connectivity index is 1.94. The average molecular weight is 267 g/mol. The number of hydrogen-bond acceptors (Lipinski definition) is 4. The largest absolute Gasteiger partial charge is 0.348 e.